The molecule has 0 bridgehead atoms. The molecule has 0 aliphatic rings. The summed E-state index contributed by atoms with van der Waals surface area (Å²) in [6.45, 7) is 3.96. The van der Waals surface area contributed by atoms with E-state index in [1.807, 2.05) is 13.8 Å². The molecule has 2 nitrogen and oxygen atoms in total. The third-order valence-electron chi connectivity index (χ3n) is 2.02. The Kier molecular flexibility index (Phi) is 5.28. The predicted molar refractivity (Wildman–Crippen MR) is 75.3 cm³/mol. The molecule has 1 rings (SSSR count). The van der Waals surface area contributed by atoms with Gasteiger partial charge in [0.15, 0.2) is 0 Å². The number of nitrogens with one attached hydrogen (secondary N) is 1. The van der Waals surface area contributed by atoms with E-state index in [4.69, 9.17) is 11.6 Å². The summed E-state index contributed by atoms with van der Waals surface area (Å²) in [4.78, 5) is 11.5. The molecule has 0 aliphatic heterocycles. The van der Waals surface area contributed by atoms with Gasteiger partial charge in [-0.05, 0) is 40.0 Å². The second-order valence-corrected chi connectivity index (χ2v) is 6.01. The van der Waals surface area contributed by atoms with E-state index in [9.17, 15) is 4.79 Å². The Hall–Kier alpha value is -0.0600. The summed E-state index contributed by atoms with van der Waals surface area (Å²) >= 11 is 12.6. The van der Waals surface area contributed by atoms with Crippen LogP contribution in [0.15, 0.2) is 22.7 Å². The molecule has 0 aromatic heterocycles. The van der Waals surface area contributed by atoms with Crippen LogP contribution in [0.5, 0.6) is 0 Å². The van der Waals surface area contributed by atoms with E-state index in [1.54, 1.807) is 18.2 Å². The van der Waals surface area contributed by atoms with Gasteiger partial charge in [-0.2, -0.15) is 0 Å². The molecule has 0 saturated carbocycles. The fourth-order valence-electron chi connectivity index (χ4n) is 1.09. The van der Waals surface area contributed by atoms with Crippen molar-refractivity contribution in [1.82, 2.24) is 0 Å². The Bertz CT molecular complexity index is 396. The van der Waals surface area contributed by atoms with E-state index in [0.29, 0.717) is 10.7 Å². The van der Waals surface area contributed by atoms with Gasteiger partial charge in [0.05, 0.1) is 9.85 Å². The third kappa shape index (κ3) is 3.75. The number of halogens is 3. The molecule has 5 heteroatoms. The highest BCUT2D eigenvalue weighted by Crippen LogP contribution is 2.26. The summed E-state index contributed by atoms with van der Waals surface area (Å²) in [6.07, 6.45) is 0. The number of anilines is 1. The molecule has 1 amide bonds. The normalized spacial score (nSPS) is 12.6. The molecule has 0 aliphatic carbocycles. The highest BCUT2D eigenvalue weighted by molar-refractivity contribution is 9.10. The highest BCUT2D eigenvalue weighted by Gasteiger charge is 2.18. The molecular weight excluding hydrogens is 357 g/mol. The summed E-state index contributed by atoms with van der Waals surface area (Å²) in [5.74, 6) is 0.180. The van der Waals surface area contributed by atoms with E-state index in [0.717, 1.165) is 4.47 Å². The monoisotopic (exact) mass is 367 g/mol. The van der Waals surface area contributed by atoms with Crippen molar-refractivity contribution in [2.45, 2.75) is 18.7 Å². The number of carbonyl (C=O) groups is 1. The first-order valence-electron chi connectivity index (χ1n) is 4.82. The minimum atomic E-state index is -0.199. The first-order chi connectivity index (χ1) is 7.41. The maximum atomic E-state index is 11.7. The van der Waals surface area contributed by atoms with Gasteiger partial charge in [-0.3, -0.25) is 4.79 Å². The Morgan fingerprint density at radius 1 is 1.44 bits per heavy atom. The topological polar surface area (TPSA) is 29.1 Å². The zero-order chi connectivity index (χ0) is 12.3. The van der Waals surface area contributed by atoms with Gasteiger partial charge in [0.25, 0.3) is 0 Å². The fourth-order valence-corrected chi connectivity index (χ4v) is 1.63. The van der Waals surface area contributed by atoms with Crippen molar-refractivity contribution < 1.29 is 4.79 Å². The van der Waals surface area contributed by atoms with Crippen LogP contribution < -0.4 is 5.32 Å². The molecule has 1 atom stereocenters. The lowest BCUT2D eigenvalue weighted by molar-refractivity contribution is -0.116. The molecule has 0 spiro atoms. The van der Waals surface area contributed by atoms with Crippen LogP contribution in [0, 0.1) is 5.92 Å². The third-order valence-corrected chi connectivity index (χ3v) is 4.73. The minimum absolute atomic E-state index is 0.0617. The van der Waals surface area contributed by atoms with Gasteiger partial charge in [0.1, 0.15) is 0 Å². The van der Waals surface area contributed by atoms with Gasteiger partial charge < -0.3 is 5.32 Å². The highest BCUT2D eigenvalue weighted by atomic mass is 79.9. The lowest BCUT2D eigenvalue weighted by atomic mass is 10.1. The SMILES string of the molecule is CC(C)C(Br)C(=O)Nc1ccc(Br)c(Cl)c1. The fraction of sp³-hybridized carbons (Fsp3) is 0.364. The van der Waals surface area contributed by atoms with Crippen molar-refractivity contribution in [3.8, 4) is 0 Å². The number of hydrogen-bond donors (Lipinski definition) is 1. The smallest absolute Gasteiger partial charge is 0.238 e. The molecule has 88 valence electrons. The number of hydrogen-bond acceptors (Lipinski definition) is 1. The van der Waals surface area contributed by atoms with Crippen LogP contribution in [0.25, 0.3) is 0 Å². The Balaban J connectivity index is 2.74. The Morgan fingerprint density at radius 3 is 2.56 bits per heavy atom. The molecule has 0 saturated heterocycles. The van der Waals surface area contributed by atoms with Crippen molar-refractivity contribution in [2.24, 2.45) is 5.92 Å². The lowest BCUT2D eigenvalue weighted by Crippen LogP contribution is -2.26. The summed E-state index contributed by atoms with van der Waals surface area (Å²) in [6, 6.07) is 5.31. The molecule has 0 fully saturated rings. The molecule has 1 aromatic rings. The van der Waals surface area contributed by atoms with Crippen LogP contribution in [-0.4, -0.2) is 10.7 Å². The van der Waals surface area contributed by atoms with Crippen molar-refractivity contribution >= 4 is 55.1 Å². The molecular formula is C11H12Br2ClNO. The first kappa shape index (κ1) is 14.0. The Labute approximate surface area is 117 Å². The number of alkyl halides is 1. The molecule has 1 aromatic carbocycles. The predicted octanol–water partition coefficient (Wildman–Crippen LogP) is 4.46. The van der Waals surface area contributed by atoms with Crippen molar-refractivity contribution in [2.75, 3.05) is 5.32 Å². The second kappa shape index (κ2) is 6.03. The summed E-state index contributed by atoms with van der Waals surface area (Å²) in [7, 11) is 0. The average Bonchev–Trinajstić information content (AvgIpc) is 2.22. The van der Waals surface area contributed by atoms with Crippen molar-refractivity contribution in [3.05, 3.63) is 27.7 Å². The number of rotatable bonds is 3. The second-order valence-electron chi connectivity index (χ2n) is 3.76. The van der Waals surface area contributed by atoms with E-state index < -0.39 is 0 Å². The van der Waals surface area contributed by atoms with Gasteiger partial charge in [-0.15, -0.1) is 0 Å². The van der Waals surface area contributed by atoms with Crippen LogP contribution >= 0.6 is 43.5 Å². The quantitative estimate of drug-likeness (QED) is 0.783. The number of amides is 1. The maximum Gasteiger partial charge on any atom is 0.238 e. The molecule has 1 unspecified atom stereocenters. The van der Waals surface area contributed by atoms with E-state index >= 15 is 0 Å². The van der Waals surface area contributed by atoms with E-state index in [2.05, 4.69) is 37.2 Å². The van der Waals surface area contributed by atoms with Crippen LogP contribution in [0.3, 0.4) is 0 Å². The zero-order valence-electron chi connectivity index (χ0n) is 8.93. The maximum absolute atomic E-state index is 11.7. The van der Waals surface area contributed by atoms with Gasteiger partial charge in [-0.1, -0.05) is 41.4 Å². The van der Waals surface area contributed by atoms with E-state index in [1.165, 1.54) is 0 Å². The Morgan fingerprint density at radius 2 is 2.06 bits per heavy atom. The van der Waals surface area contributed by atoms with Crippen LogP contribution in [0.1, 0.15) is 13.8 Å². The van der Waals surface area contributed by atoms with Gasteiger partial charge in [0.2, 0.25) is 5.91 Å². The standard InChI is InChI=1S/C11H12Br2ClNO/c1-6(2)10(13)11(16)15-7-3-4-8(12)9(14)5-7/h3-6,10H,1-2H3,(H,15,16). The lowest BCUT2D eigenvalue weighted by Gasteiger charge is -2.14. The average molecular weight is 369 g/mol. The molecule has 16 heavy (non-hydrogen) atoms. The number of carbonyl (C=O) groups excluding carboxylic acids is 1. The number of benzene rings is 1. The van der Waals surface area contributed by atoms with Crippen LogP contribution in [0.4, 0.5) is 5.69 Å². The largest absolute Gasteiger partial charge is 0.325 e. The summed E-state index contributed by atoms with van der Waals surface area (Å²) in [5, 5.41) is 3.38. The zero-order valence-corrected chi connectivity index (χ0v) is 12.9. The van der Waals surface area contributed by atoms with Gasteiger partial charge >= 0.3 is 0 Å². The summed E-state index contributed by atoms with van der Waals surface area (Å²) in [5.41, 5.74) is 0.698. The van der Waals surface area contributed by atoms with Crippen molar-refractivity contribution in [3.63, 3.8) is 0 Å². The van der Waals surface area contributed by atoms with Crippen LogP contribution in [0.2, 0.25) is 5.02 Å². The summed E-state index contributed by atoms with van der Waals surface area (Å²) < 4.78 is 0.811. The molecule has 0 radical (unpaired) electrons. The van der Waals surface area contributed by atoms with E-state index in [-0.39, 0.29) is 16.7 Å². The molecule has 1 N–H and O–H groups in total. The van der Waals surface area contributed by atoms with Crippen LogP contribution in [-0.2, 0) is 4.79 Å². The van der Waals surface area contributed by atoms with Crippen molar-refractivity contribution in [1.29, 1.82) is 0 Å². The molecule has 0 heterocycles. The van der Waals surface area contributed by atoms with Gasteiger partial charge in [0, 0.05) is 10.2 Å². The minimum Gasteiger partial charge on any atom is -0.325 e. The first-order valence-corrected chi connectivity index (χ1v) is 6.90. The van der Waals surface area contributed by atoms with Gasteiger partial charge in [-0.25, -0.2) is 0 Å².